The fraction of sp³-hybridized carbons (Fsp3) is 0.176. The molecular weight excluding hydrogens is 246 g/mol. The standard InChI is InChI=1S/C17H15N3/c1-11-6-7-14(13(3)9-11)16-15(10-18)20-8-4-5-12(2)17(20)19-16/h4-9H,1-3H3. The molecule has 0 saturated carbocycles. The van der Waals surface area contributed by atoms with Crippen molar-refractivity contribution >= 4 is 5.65 Å². The van der Waals surface area contributed by atoms with Crippen LogP contribution in [0.2, 0.25) is 0 Å². The molecule has 3 nitrogen and oxygen atoms in total. The van der Waals surface area contributed by atoms with E-state index in [1.54, 1.807) is 0 Å². The first-order chi connectivity index (χ1) is 9.61. The Morgan fingerprint density at radius 1 is 1.10 bits per heavy atom. The summed E-state index contributed by atoms with van der Waals surface area (Å²) in [5.41, 5.74) is 6.65. The number of nitriles is 1. The van der Waals surface area contributed by atoms with Crippen molar-refractivity contribution < 1.29 is 0 Å². The van der Waals surface area contributed by atoms with Crippen LogP contribution in [0.5, 0.6) is 0 Å². The van der Waals surface area contributed by atoms with E-state index in [9.17, 15) is 5.26 Å². The Kier molecular flexibility index (Phi) is 2.80. The van der Waals surface area contributed by atoms with Crippen LogP contribution in [0.3, 0.4) is 0 Å². The normalized spacial score (nSPS) is 10.7. The average Bonchev–Trinajstić information content (AvgIpc) is 2.78. The van der Waals surface area contributed by atoms with Crippen molar-refractivity contribution in [1.82, 2.24) is 9.38 Å². The smallest absolute Gasteiger partial charge is 0.152 e. The highest BCUT2D eigenvalue weighted by Gasteiger charge is 2.16. The summed E-state index contributed by atoms with van der Waals surface area (Å²) in [4.78, 5) is 4.68. The van der Waals surface area contributed by atoms with Gasteiger partial charge in [-0.2, -0.15) is 5.26 Å². The molecule has 2 heterocycles. The molecule has 2 aromatic heterocycles. The number of aromatic nitrogens is 2. The molecule has 20 heavy (non-hydrogen) atoms. The molecule has 0 spiro atoms. The number of rotatable bonds is 1. The second kappa shape index (κ2) is 4.50. The molecule has 0 aliphatic rings. The maximum Gasteiger partial charge on any atom is 0.152 e. The molecule has 3 heteroatoms. The molecule has 0 aliphatic heterocycles. The van der Waals surface area contributed by atoms with Crippen LogP contribution in [0.1, 0.15) is 22.4 Å². The first kappa shape index (κ1) is 12.4. The third-order valence-corrected chi connectivity index (χ3v) is 3.59. The van der Waals surface area contributed by atoms with Gasteiger partial charge in [0.25, 0.3) is 0 Å². The third-order valence-electron chi connectivity index (χ3n) is 3.59. The van der Waals surface area contributed by atoms with Crippen LogP contribution in [0.15, 0.2) is 36.5 Å². The summed E-state index contributed by atoms with van der Waals surface area (Å²) in [5.74, 6) is 0. The van der Waals surface area contributed by atoms with Crippen LogP contribution >= 0.6 is 0 Å². The minimum Gasteiger partial charge on any atom is -0.291 e. The Bertz CT molecular complexity index is 851. The van der Waals surface area contributed by atoms with Gasteiger partial charge in [0.15, 0.2) is 5.69 Å². The van der Waals surface area contributed by atoms with Crippen molar-refractivity contribution in [1.29, 1.82) is 5.26 Å². The lowest BCUT2D eigenvalue weighted by Crippen LogP contribution is -1.91. The summed E-state index contributed by atoms with van der Waals surface area (Å²) >= 11 is 0. The minimum absolute atomic E-state index is 0.593. The number of fused-ring (bicyclic) bond motifs is 1. The first-order valence-electron chi connectivity index (χ1n) is 6.57. The Morgan fingerprint density at radius 3 is 2.60 bits per heavy atom. The molecular formula is C17H15N3. The van der Waals surface area contributed by atoms with Crippen LogP contribution in [-0.2, 0) is 0 Å². The van der Waals surface area contributed by atoms with E-state index in [0.29, 0.717) is 5.69 Å². The summed E-state index contributed by atoms with van der Waals surface area (Å²) < 4.78 is 1.87. The molecule has 0 atom stereocenters. The van der Waals surface area contributed by atoms with E-state index >= 15 is 0 Å². The van der Waals surface area contributed by atoms with Gasteiger partial charge in [0, 0.05) is 11.8 Å². The zero-order valence-corrected chi connectivity index (χ0v) is 11.8. The highest BCUT2D eigenvalue weighted by Crippen LogP contribution is 2.28. The topological polar surface area (TPSA) is 41.1 Å². The number of benzene rings is 1. The molecule has 3 aromatic rings. The number of hydrogen-bond donors (Lipinski definition) is 0. The maximum atomic E-state index is 9.49. The second-order valence-electron chi connectivity index (χ2n) is 5.12. The van der Waals surface area contributed by atoms with Gasteiger partial charge in [-0.1, -0.05) is 29.8 Å². The largest absolute Gasteiger partial charge is 0.291 e. The summed E-state index contributed by atoms with van der Waals surface area (Å²) in [6.45, 7) is 6.13. The first-order valence-corrected chi connectivity index (χ1v) is 6.57. The van der Waals surface area contributed by atoms with E-state index in [1.807, 2.05) is 35.7 Å². The monoisotopic (exact) mass is 261 g/mol. The summed E-state index contributed by atoms with van der Waals surface area (Å²) in [5, 5.41) is 9.49. The number of hydrogen-bond acceptors (Lipinski definition) is 2. The third kappa shape index (κ3) is 1.78. The molecule has 3 rings (SSSR count). The van der Waals surface area contributed by atoms with Crippen molar-refractivity contribution in [3.05, 3.63) is 58.9 Å². The van der Waals surface area contributed by atoms with Crippen molar-refractivity contribution in [2.45, 2.75) is 20.8 Å². The van der Waals surface area contributed by atoms with E-state index in [4.69, 9.17) is 0 Å². The van der Waals surface area contributed by atoms with Gasteiger partial charge in [0.05, 0.1) is 0 Å². The SMILES string of the molecule is Cc1ccc(-c2nc3c(C)cccn3c2C#N)c(C)c1. The highest BCUT2D eigenvalue weighted by atomic mass is 15.0. The van der Waals surface area contributed by atoms with E-state index in [2.05, 4.69) is 37.0 Å². The van der Waals surface area contributed by atoms with Gasteiger partial charge < -0.3 is 0 Å². The van der Waals surface area contributed by atoms with Gasteiger partial charge in [-0.05, 0) is 38.0 Å². The zero-order valence-electron chi connectivity index (χ0n) is 11.8. The van der Waals surface area contributed by atoms with Crippen LogP contribution in [0.25, 0.3) is 16.9 Å². The average molecular weight is 261 g/mol. The molecule has 0 N–H and O–H groups in total. The molecule has 0 saturated heterocycles. The van der Waals surface area contributed by atoms with Gasteiger partial charge in [0.2, 0.25) is 0 Å². The molecule has 0 fully saturated rings. The summed E-state index contributed by atoms with van der Waals surface area (Å²) in [7, 11) is 0. The molecule has 0 unspecified atom stereocenters. The van der Waals surface area contributed by atoms with Crippen LogP contribution in [0, 0.1) is 32.1 Å². The van der Waals surface area contributed by atoms with E-state index in [-0.39, 0.29) is 0 Å². The van der Waals surface area contributed by atoms with Crippen molar-refractivity contribution in [3.8, 4) is 17.3 Å². The highest BCUT2D eigenvalue weighted by molar-refractivity contribution is 5.73. The molecule has 1 aromatic carbocycles. The quantitative estimate of drug-likeness (QED) is 0.668. The Labute approximate surface area is 118 Å². The zero-order chi connectivity index (χ0) is 14.3. The number of pyridine rings is 1. The molecule has 0 bridgehead atoms. The predicted molar refractivity (Wildman–Crippen MR) is 79.6 cm³/mol. The summed E-state index contributed by atoms with van der Waals surface area (Å²) in [6, 6.07) is 12.5. The lowest BCUT2D eigenvalue weighted by molar-refractivity contribution is 1.14. The Balaban J connectivity index is 2.37. The fourth-order valence-electron chi connectivity index (χ4n) is 2.58. The van der Waals surface area contributed by atoms with E-state index in [1.165, 1.54) is 5.56 Å². The molecule has 0 aliphatic carbocycles. The van der Waals surface area contributed by atoms with Gasteiger partial charge in [-0.3, -0.25) is 4.40 Å². The van der Waals surface area contributed by atoms with Crippen molar-refractivity contribution in [2.24, 2.45) is 0 Å². The number of aryl methyl sites for hydroxylation is 3. The molecule has 98 valence electrons. The predicted octanol–water partition coefficient (Wildman–Crippen LogP) is 3.80. The Hall–Kier alpha value is -2.60. The van der Waals surface area contributed by atoms with Crippen LogP contribution in [-0.4, -0.2) is 9.38 Å². The summed E-state index contributed by atoms with van der Waals surface area (Å²) in [6.07, 6.45) is 1.89. The second-order valence-corrected chi connectivity index (χ2v) is 5.12. The lowest BCUT2D eigenvalue weighted by atomic mass is 10.0. The fourth-order valence-corrected chi connectivity index (χ4v) is 2.58. The van der Waals surface area contributed by atoms with Gasteiger partial charge in [0.1, 0.15) is 17.4 Å². The molecule has 0 radical (unpaired) electrons. The number of imidazole rings is 1. The van der Waals surface area contributed by atoms with Crippen LogP contribution in [0.4, 0.5) is 0 Å². The maximum absolute atomic E-state index is 9.49. The van der Waals surface area contributed by atoms with E-state index < -0.39 is 0 Å². The van der Waals surface area contributed by atoms with Crippen LogP contribution < -0.4 is 0 Å². The Morgan fingerprint density at radius 2 is 1.90 bits per heavy atom. The minimum atomic E-state index is 0.593. The van der Waals surface area contributed by atoms with Gasteiger partial charge in [-0.15, -0.1) is 0 Å². The number of nitrogens with zero attached hydrogens (tertiary/aromatic N) is 3. The van der Waals surface area contributed by atoms with Gasteiger partial charge >= 0.3 is 0 Å². The van der Waals surface area contributed by atoms with E-state index in [0.717, 1.165) is 28.0 Å². The lowest BCUT2D eigenvalue weighted by Gasteiger charge is -2.04. The van der Waals surface area contributed by atoms with Gasteiger partial charge in [-0.25, -0.2) is 4.98 Å². The van der Waals surface area contributed by atoms with Crippen molar-refractivity contribution in [2.75, 3.05) is 0 Å². The molecule has 0 amide bonds. The van der Waals surface area contributed by atoms with Crippen molar-refractivity contribution in [3.63, 3.8) is 0 Å².